The minimum Gasteiger partial charge on any atom is -0.438 e. The summed E-state index contributed by atoms with van der Waals surface area (Å²) >= 11 is 6.83. The largest absolute Gasteiger partial charge is 0.438 e. The van der Waals surface area contributed by atoms with E-state index in [2.05, 4.69) is 41.8 Å². The standard InChI is InChI=1S/C20H12Br2N2O2/c21-13-5-9-15(10-6-13)25-19-17-3-1-2-4-18(17)23-20(24-19)26-16-11-7-14(22)8-12-16/h1-12H. The Bertz CT molecular complexity index is 1050. The second-order valence-corrected chi connectivity index (χ2v) is 7.27. The van der Waals surface area contributed by atoms with E-state index in [1.54, 1.807) is 0 Å². The zero-order valence-electron chi connectivity index (χ0n) is 13.4. The molecule has 26 heavy (non-hydrogen) atoms. The molecule has 0 aliphatic rings. The lowest BCUT2D eigenvalue weighted by atomic mass is 10.2. The molecule has 6 heteroatoms. The Hall–Kier alpha value is -2.44. The Morgan fingerprint density at radius 2 is 1.19 bits per heavy atom. The molecule has 4 rings (SSSR count). The van der Waals surface area contributed by atoms with Crippen LogP contribution in [0.4, 0.5) is 0 Å². The molecule has 0 bridgehead atoms. The average molecular weight is 472 g/mol. The molecule has 0 saturated heterocycles. The minimum atomic E-state index is 0.234. The van der Waals surface area contributed by atoms with Crippen molar-refractivity contribution in [2.75, 3.05) is 0 Å². The van der Waals surface area contributed by atoms with Crippen molar-refractivity contribution < 1.29 is 9.47 Å². The van der Waals surface area contributed by atoms with Gasteiger partial charge in [0.2, 0.25) is 5.88 Å². The maximum Gasteiger partial charge on any atom is 0.325 e. The van der Waals surface area contributed by atoms with Crippen LogP contribution < -0.4 is 9.47 Å². The highest BCUT2D eigenvalue weighted by Gasteiger charge is 2.11. The van der Waals surface area contributed by atoms with E-state index in [1.165, 1.54) is 0 Å². The van der Waals surface area contributed by atoms with E-state index in [1.807, 2.05) is 72.8 Å². The highest BCUT2D eigenvalue weighted by Crippen LogP contribution is 2.31. The highest BCUT2D eigenvalue weighted by molar-refractivity contribution is 9.10. The first-order chi connectivity index (χ1) is 12.7. The number of nitrogens with zero attached hydrogens (tertiary/aromatic N) is 2. The number of hydrogen-bond acceptors (Lipinski definition) is 4. The molecule has 0 amide bonds. The Labute approximate surface area is 167 Å². The molecule has 0 aliphatic heterocycles. The predicted molar refractivity (Wildman–Crippen MR) is 108 cm³/mol. The molecular formula is C20H12Br2N2O2. The number of para-hydroxylation sites is 1. The summed E-state index contributed by atoms with van der Waals surface area (Å²) in [6, 6.07) is 23.0. The Kier molecular flexibility index (Phi) is 4.86. The van der Waals surface area contributed by atoms with Crippen molar-refractivity contribution in [3.8, 4) is 23.4 Å². The molecule has 0 fully saturated rings. The number of ether oxygens (including phenoxy) is 2. The summed E-state index contributed by atoms with van der Waals surface area (Å²) in [7, 11) is 0. The van der Waals surface area contributed by atoms with E-state index in [0.717, 1.165) is 19.8 Å². The third kappa shape index (κ3) is 3.86. The zero-order valence-corrected chi connectivity index (χ0v) is 16.6. The molecule has 1 heterocycles. The summed E-state index contributed by atoms with van der Waals surface area (Å²) in [6.45, 7) is 0. The molecule has 4 nitrogen and oxygen atoms in total. The lowest BCUT2D eigenvalue weighted by Gasteiger charge is -2.10. The van der Waals surface area contributed by atoms with E-state index < -0.39 is 0 Å². The Morgan fingerprint density at radius 1 is 0.615 bits per heavy atom. The molecule has 0 radical (unpaired) electrons. The van der Waals surface area contributed by atoms with Crippen molar-refractivity contribution in [2.24, 2.45) is 0 Å². The third-order valence-corrected chi connectivity index (χ3v) is 4.66. The number of rotatable bonds is 4. The minimum absolute atomic E-state index is 0.234. The van der Waals surface area contributed by atoms with Gasteiger partial charge in [-0.05, 0) is 60.7 Å². The van der Waals surface area contributed by atoms with Crippen LogP contribution in [0.15, 0.2) is 81.7 Å². The lowest BCUT2D eigenvalue weighted by molar-refractivity contribution is 0.417. The van der Waals surface area contributed by atoms with E-state index in [0.29, 0.717) is 17.4 Å². The fraction of sp³-hybridized carbons (Fsp3) is 0. The van der Waals surface area contributed by atoms with Crippen molar-refractivity contribution in [2.45, 2.75) is 0 Å². The fourth-order valence-corrected chi connectivity index (χ4v) is 2.90. The number of fused-ring (bicyclic) bond motifs is 1. The van der Waals surface area contributed by atoms with Crippen molar-refractivity contribution in [1.29, 1.82) is 0 Å². The predicted octanol–water partition coefficient (Wildman–Crippen LogP) is 6.74. The van der Waals surface area contributed by atoms with Crippen LogP contribution >= 0.6 is 31.9 Å². The molecule has 4 aromatic rings. The smallest absolute Gasteiger partial charge is 0.325 e. The van der Waals surface area contributed by atoms with E-state index >= 15 is 0 Å². The van der Waals surface area contributed by atoms with Gasteiger partial charge in [-0.15, -0.1) is 0 Å². The lowest BCUT2D eigenvalue weighted by Crippen LogP contribution is -1.97. The summed E-state index contributed by atoms with van der Waals surface area (Å²) in [5.41, 5.74) is 0.752. The van der Waals surface area contributed by atoms with Gasteiger partial charge in [0, 0.05) is 8.95 Å². The SMILES string of the molecule is Brc1ccc(Oc2nc(Oc3ccc(Br)cc3)c3ccccc3n2)cc1. The van der Waals surface area contributed by atoms with Gasteiger partial charge in [-0.3, -0.25) is 0 Å². The Balaban J connectivity index is 1.72. The molecule has 0 N–H and O–H groups in total. The first-order valence-electron chi connectivity index (χ1n) is 7.81. The molecule has 0 spiro atoms. The normalized spacial score (nSPS) is 10.7. The number of hydrogen-bond donors (Lipinski definition) is 0. The average Bonchev–Trinajstić information content (AvgIpc) is 2.65. The number of benzene rings is 3. The van der Waals surface area contributed by atoms with Crippen LogP contribution in [-0.2, 0) is 0 Å². The topological polar surface area (TPSA) is 44.2 Å². The first kappa shape index (κ1) is 17.0. The van der Waals surface area contributed by atoms with Crippen LogP contribution in [0.1, 0.15) is 0 Å². The molecule has 0 aliphatic carbocycles. The quantitative estimate of drug-likeness (QED) is 0.330. The van der Waals surface area contributed by atoms with Gasteiger partial charge >= 0.3 is 6.01 Å². The van der Waals surface area contributed by atoms with Crippen molar-refractivity contribution in [1.82, 2.24) is 9.97 Å². The summed E-state index contributed by atoms with van der Waals surface area (Å²) in [5, 5.41) is 0.818. The molecule has 128 valence electrons. The summed E-state index contributed by atoms with van der Waals surface area (Å²) in [4.78, 5) is 8.93. The molecule has 0 saturated carbocycles. The molecule has 0 unspecified atom stereocenters. The maximum atomic E-state index is 5.98. The van der Waals surface area contributed by atoms with Crippen LogP contribution in [0.25, 0.3) is 10.9 Å². The van der Waals surface area contributed by atoms with Crippen LogP contribution in [0.3, 0.4) is 0 Å². The fourth-order valence-electron chi connectivity index (χ4n) is 2.37. The summed E-state index contributed by atoms with van der Waals surface area (Å²) < 4.78 is 13.8. The van der Waals surface area contributed by atoms with Crippen LogP contribution in [0.2, 0.25) is 0 Å². The zero-order chi connectivity index (χ0) is 17.9. The second-order valence-electron chi connectivity index (χ2n) is 5.44. The van der Waals surface area contributed by atoms with Gasteiger partial charge in [-0.1, -0.05) is 44.0 Å². The first-order valence-corrected chi connectivity index (χ1v) is 9.39. The van der Waals surface area contributed by atoms with Gasteiger partial charge in [0.15, 0.2) is 0 Å². The van der Waals surface area contributed by atoms with Gasteiger partial charge in [0.05, 0.1) is 10.9 Å². The third-order valence-electron chi connectivity index (χ3n) is 3.60. The van der Waals surface area contributed by atoms with Gasteiger partial charge in [-0.2, -0.15) is 9.97 Å². The number of halogens is 2. The molecule has 0 atom stereocenters. The van der Waals surface area contributed by atoms with Gasteiger partial charge in [0.1, 0.15) is 11.5 Å². The van der Waals surface area contributed by atoms with E-state index in [9.17, 15) is 0 Å². The summed E-state index contributed by atoms with van der Waals surface area (Å²) in [5.74, 6) is 1.79. The van der Waals surface area contributed by atoms with E-state index in [4.69, 9.17) is 9.47 Å². The van der Waals surface area contributed by atoms with Crippen LogP contribution in [-0.4, -0.2) is 9.97 Å². The molecule has 3 aromatic carbocycles. The van der Waals surface area contributed by atoms with E-state index in [-0.39, 0.29) is 6.01 Å². The number of aromatic nitrogens is 2. The highest BCUT2D eigenvalue weighted by atomic mass is 79.9. The van der Waals surface area contributed by atoms with Crippen molar-refractivity contribution in [3.05, 3.63) is 81.7 Å². The van der Waals surface area contributed by atoms with Crippen molar-refractivity contribution >= 4 is 42.8 Å². The van der Waals surface area contributed by atoms with Crippen molar-refractivity contribution in [3.63, 3.8) is 0 Å². The van der Waals surface area contributed by atoms with Crippen LogP contribution in [0, 0.1) is 0 Å². The van der Waals surface area contributed by atoms with Gasteiger partial charge in [-0.25, -0.2) is 0 Å². The second kappa shape index (κ2) is 7.43. The van der Waals surface area contributed by atoms with Gasteiger partial charge < -0.3 is 9.47 Å². The molecular weight excluding hydrogens is 460 g/mol. The monoisotopic (exact) mass is 470 g/mol. The maximum absolute atomic E-state index is 5.98. The Morgan fingerprint density at radius 3 is 1.85 bits per heavy atom. The van der Waals surface area contributed by atoms with Crippen LogP contribution in [0.5, 0.6) is 23.4 Å². The van der Waals surface area contributed by atoms with Gasteiger partial charge in [0.25, 0.3) is 0 Å². The molecule has 1 aromatic heterocycles. The summed E-state index contributed by atoms with van der Waals surface area (Å²) in [6.07, 6.45) is 0.